The number of carbonyl (C=O) groups excluding carboxylic acids is 1. The molecule has 10 heteroatoms. The fourth-order valence-corrected chi connectivity index (χ4v) is 2.78. The number of aryl methyl sites for hydroxylation is 1. The van der Waals surface area contributed by atoms with Gasteiger partial charge in [0.15, 0.2) is 17.3 Å². The van der Waals surface area contributed by atoms with E-state index in [0.29, 0.717) is 5.69 Å². The number of aromatic nitrogens is 3. The molecule has 28 heavy (non-hydrogen) atoms. The van der Waals surface area contributed by atoms with Crippen molar-refractivity contribution >= 4 is 29.1 Å². The quantitative estimate of drug-likeness (QED) is 0.646. The van der Waals surface area contributed by atoms with E-state index < -0.39 is 11.7 Å². The van der Waals surface area contributed by atoms with Crippen LogP contribution in [0.2, 0.25) is 10.0 Å². The highest BCUT2D eigenvalue weighted by molar-refractivity contribution is 6.32. The van der Waals surface area contributed by atoms with Crippen LogP contribution in [0, 0.1) is 24.1 Å². The smallest absolute Gasteiger partial charge is 0.274 e. The molecule has 0 radical (unpaired) electrons. The van der Waals surface area contributed by atoms with Gasteiger partial charge in [0.25, 0.3) is 5.91 Å². The molecule has 1 heterocycles. The highest BCUT2D eigenvalue weighted by Gasteiger charge is 2.18. The number of H-pyrrole nitrogens is 1. The van der Waals surface area contributed by atoms with Gasteiger partial charge >= 0.3 is 0 Å². The molecule has 0 spiro atoms. The molecule has 7 nitrogen and oxygen atoms in total. The summed E-state index contributed by atoms with van der Waals surface area (Å²) in [5, 5.41) is 21.7. The molecule has 0 atom stereocenters. The molecule has 0 aliphatic rings. The zero-order valence-corrected chi connectivity index (χ0v) is 15.9. The number of hydrogen-bond acceptors (Lipinski definition) is 5. The summed E-state index contributed by atoms with van der Waals surface area (Å²) in [5.74, 6) is -1.33. The Morgan fingerprint density at radius 3 is 2.79 bits per heavy atom. The zero-order chi connectivity index (χ0) is 20.3. The third-order valence-electron chi connectivity index (χ3n) is 3.73. The van der Waals surface area contributed by atoms with E-state index in [0.717, 1.165) is 0 Å². The molecule has 142 valence electrons. The van der Waals surface area contributed by atoms with E-state index in [4.69, 9.17) is 33.2 Å². The summed E-state index contributed by atoms with van der Waals surface area (Å²) in [4.78, 5) is 12.1. The lowest BCUT2D eigenvalue weighted by Gasteiger charge is -2.13. The van der Waals surface area contributed by atoms with Crippen molar-refractivity contribution in [2.45, 2.75) is 13.5 Å². The lowest BCUT2D eigenvalue weighted by molar-refractivity contribution is 0.0945. The minimum absolute atomic E-state index is 0.0263. The molecule has 0 aliphatic carbocycles. The maximum atomic E-state index is 14.9. The van der Waals surface area contributed by atoms with Gasteiger partial charge in [-0.2, -0.15) is 20.7 Å². The fourth-order valence-electron chi connectivity index (χ4n) is 2.37. The second-order valence-corrected chi connectivity index (χ2v) is 6.52. The number of benzene rings is 2. The van der Waals surface area contributed by atoms with Crippen LogP contribution in [0.5, 0.6) is 11.5 Å². The third kappa shape index (κ3) is 4.22. The van der Waals surface area contributed by atoms with Crippen LogP contribution in [-0.2, 0) is 6.54 Å². The molecule has 0 aliphatic heterocycles. The van der Waals surface area contributed by atoms with Crippen molar-refractivity contribution in [2.24, 2.45) is 0 Å². The van der Waals surface area contributed by atoms with Crippen LogP contribution < -0.4 is 10.1 Å². The monoisotopic (exact) mass is 419 g/mol. The second-order valence-electron chi connectivity index (χ2n) is 5.68. The maximum absolute atomic E-state index is 14.9. The summed E-state index contributed by atoms with van der Waals surface area (Å²) < 4.78 is 20.4. The Kier molecular flexibility index (Phi) is 5.78. The number of ether oxygens (including phenoxy) is 1. The van der Waals surface area contributed by atoms with Gasteiger partial charge in [-0.1, -0.05) is 29.3 Å². The normalized spacial score (nSPS) is 10.4. The summed E-state index contributed by atoms with van der Waals surface area (Å²) in [5.41, 5.74) is 0.947. The first-order valence-corrected chi connectivity index (χ1v) is 8.65. The molecule has 2 aromatic carbocycles. The molecule has 0 fully saturated rings. The topological polar surface area (TPSA) is 104 Å². The predicted molar refractivity (Wildman–Crippen MR) is 99.9 cm³/mol. The number of nitrogens with zero attached hydrogens (tertiary/aromatic N) is 3. The number of aromatic amines is 1. The molecular formula is C18H12Cl2FN5O2. The number of amides is 1. The minimum Gasteiger partial charge on any atom is -0.453 e. The Bertz CT molecular complexity index is 1090. The van der Waals surface area contributed by atoms with Crippen LogP contribution in [0.1, 0.15) is 27.3 Å². The molecular weight excluding hydrogens is 408 g/mol. The Balaban J connectivity index is 1.82. The first kappa shape index (κ1) is 19.6. The van der Waals surface area contributed by atoms with E-state index in [1.54, 1.807) is 6.92 Å². The molecule has 0 saturated carbocycles. The van der Waals surface area contributed by atoms with Gasteiger partial charge in [0, 0.05) is 17.1 Å². The van der Waals surface area contributed by atoms with Crippen molar-refractivity contribution in [3.05, 3.63) is 68.7 Å². The molecule has 3 rings (SSSR count). The lowest BCUT2D eigenvalue weighted by Crippen LogP contribution is -2.24. The highest BCUT2D eigenvalue weighted by atomic mass is 35.5. The van der Waals surface area contributed by atoms with Crippen molar-refractivity contribution in [3.63, 3.8) is 0 Å². The number of rotatable bonds is 5. The molecule has 1 aromatic heterocycles. The molecule has 2 N–H and O–H groups in total. The van der Waals surface area contributed by atoms with Gasteiger partial charge < -0.3 is 10.1 Å². The Morgan fingerprint density at radius 2 is 2.11 bits per heavy atom. The minimum atomic E-state index is -0.747. The summed E-state index contributed by atoms with van der Waals surface area (Å²) in [6, 6.07) is 9.09. The van der Waals surface area contributed by atoms with Crippen molar-refractivity contribution in [1.29, 1.82) is 5.26 Å². The van der Waals surface area contributed by atoms with Gasteiger partial charge in [0.1, 0.15) is 5.75 Å². The molecule has 0 saturated heterocycles. The number of nitrogens with one attached hydrogen (secondary N) is 2. The summed E-state index contributed by atoms with van der Waals surface area (Å²) in [6.45, 7) is 1.50. The third-order valence-corrected chi connectivity index (χ3v) is 4.24. The van der Waals surface area contributed by atoms with E-state index >= 15 is 0 Å². The Hall–Kier alpha value is -3.15. The predicted octanol–water partition coefficient (Wildman–Crippen LogP) is 4.15. The van der Waals surface area contributed by atoms with E-state index in [-0.39, 0.29) is 44.9 Å². The number of hydrogen-bond donors (Lipinski definition) is 2. The first-order valence-electron chi connectivity index (χ1n) is 7.90. The summed E-state index contributed by atoms with van der Waals surface area (Å²) in [7, 11) is 0. The SMILES string of the molecule is Cc1n[nH]nc1C(=O)NCc1ccc(Cl)c(Oc2cc(Cl)cc(C#N)c2)c1F. The molecule has 3 aromatic rings. The summed E-state index contributed by atoms with van der Waals surface area (Å²) >= 11 is 12.0. The average Bonchev–Trinajstić information content (AvgIpc) is 3.09. The van der Waals surface area contributed by atoms with Gasteiger partial charge in [-0.3, -0.25) is 4.79 Å². The van der Waals surface area contributed by atoms with E-state index in [9.17, 15) is 9.18 Å². The van der Waals surface area contributed by atoms with E-state index in [1.807, 2.05) is 6.07 Å². The number of nitriles is 1. The number of carbonyl (C=O) groups is 1. The van der Waals surface area contributed by atoms with Crippen molar-refractivity contribution in [1.82, 2.24) is 20.7 Å². The van der Waals surface area contributed by atoms with Crippen molar-refractivity contribution in [3.8, 4) is 17.6 Å². The first-order chi connectivity index (χ1) is 13.4. The maximum Gasteiger partial charge on any atom is 0.274 e. The molecule has 0 unspecified atom stereocenters. The van der Waals surface area contributed by atoms with Crippen LogP contribution in [-0.4, -0.2) is 21.3 Å². The van der Waals surface area contributed by atoms with E-state index in [2.05, 4.69) is 20.7 Å². The Morgan fingerprint density at radius 1 is 1.32 bits per heavy atom. The highest BCUT2D eigenvalue weighted by Crippen LogP contribution is 2.35. The van der Waals surface area contributed by atoms with Crippen LogP contribution in [0.15, 0.2) is 30.3 Å². The molecule has 0 bridgehead atoms. The fraction of sp³-hybridized carbons (Fsp3) is 0.111. The van der Waals surface area contributed by atoms with Gasteiger partial charge in [0.2, 0.25) is 0 Å². The largest absolute Gasteiger partial charge is 0.453 e. The lowest BCUT2D eigenvalue weighted by atomic mass is 10.2. The molecule has 1 amide bonds. The standard InChI is InChI=1S/C18H12Cl2FN5O2/c1-9-16(25-26-24-9)18(27)23-8-11-2-3-14(20)17(15(11)21)28-13-5-10(7-22)4-12(19)6-13/h2-6H,8H2,1H3,(H,23,27)(H,24,25,26). The average molecular weight is 420 g/mol. The van der Waals surface area contributed by atoms with Crippen LogP contribution in [0.3, 0.4) is 0 Å². The van der Waals surface area contributed by atoms with E-state index in [1.165, 1.54) is 30.3 Å². The van der Waals surface area contributed by atoms with Crippen molar-refractivity contribution in [2.75, 3.05) is 0 Å². The van der Waals surface area contributed by atoms with Gasteiger partial charge in [-0.25, -0.2) is 4.39 Å². The van der Waals surface area contributed by atoms with Crippen molar-refractivity contribution < 1.29 is 13.9 Å². The summed E-state index contributed by atoms with van der Waals surface area (Å²) in [6.07, 6.45) is 0. The van der Waals surface area contributed by atoms with Crippen LogP contribution in [0.25, 0.3) is 0 Å². The second kappa shape index (κ2) is 8.25. The number of halogens is 3. The Labute approximate surface area is 169 Å². The van der Waals surface area contributed by atoms with Gasteiger partial charge in [-0.15, -0.1) is 0 Å². The van der Waals surface area contributed by atoms with Crippen LogP contribution >= 0.6 is 23.2 Å². The van der Waals surface area contributed by atoms with Gasteiger partial charge in [-0.05, 0) is 31.2 Å². The van der Waals surface area contributed by atoms with Gasteiger partial charge in [0.05, 0.1) is 22.3 Å². The van der Waals surface area contributed by atoms with Crippen LogP contribution in [0.4, 0.5) is 4.39 Å². The zero-order valence-electron chi connectivity index (χ0n) is 14.4.